The lowest BCUT2D eigenvalue weighted by molar-refractivity contribution is -0.384. The monoisotopic (exact) mass is 281 g/mol. The van der Waals surface area contributed by atoms with E-state index in [1.54, 1.807) is 4.90 Å². The summed E-state index contributed by atoms with van der Waals surface area (Å²) < 4.78 is 13.4. The molecular formula is C13H16FN3O3. The van der Waals surface area contributed by atoms with Gasteiger partial charge < -0.3 is 10.2 Å². The molecule has 1 atom stereocenters. The Bertz CT molecular complexity index is 536. The third kappa shape index (κ3) is 3.23. The predicted octanol–water partition coefficient (Wildman–Crippen LogP) is 1.84. The second kappa shape index (κ2) is 5.85. The molecule has 1 aromatic carbocycles. The van der Waals surface area contributed by atoms with Gasteiger partial charge in [0.05, 0.1) is 4.92 Å². The number of amides is 1. The number of anilines is 1. The Balaban J connectivity index is 2.24. The molecule has 0 aliphatic carbocycles. The van der Waals surface area contributed by atoms with E-state index in [-0.39, 0.29) is 23.3 Å². The highest BCUT2D eigenvalue weighted by molar-refractivity contribution is 5.73. The number of piperidine rings is 1. The number of hydrogen-bond acceptors (Lipinski definition) is 4. The summed E-state index contributed by atoms with van der Waals surface area (Å²) in [5.74, 6) is -0.641. The Kier molecular flexibility index (Phi) is 4.16. The number of carbonyl (C=O) groups is 1. The molecule has 1 aromatic rings. The van der Waals surface area contributed by atoms with Gasteiger partial charge in [0.1, 0.15) is 11.5 Å². The number of hydrogen-bond donors (Lipinski definition) is 1. The smallest absolute Gasteiger partial charge is 0.292 e. The van der Waals surface area contributed by atoms with Crippen molar-refractivity contribution >= 4 is 17.3 Å². The number of nitrogens with one attached hydrogen (secondary N) is 1. The summed E-state index contributed by atoms with van der Waals surface area (Å²) in [6, 6.07) is 3.36. The molecular weight excluding hydrogens is 265 g/mol. The molecule has 6 nitrogen and oxygen atoms in total. The van der Waals surface area contributed by atoms with Crippen LogP contribution >= 0.6 is 0 Å². The zero-order valence-electron chi connectivity index (χ0n) is 11.1. The summed E-state index contributed by atoms with van der Waals surface area (Å²) in [4.78, 5) is 23.3. The van der Waals surface area contributed by atoms with Crippen LogP contribution in [0.1, 0.15) is 19.8 Å². The molecule has 1 aliphatic rings. The van der Waals surface area contributed by atoms with Crippen molar-refractivity contribution in [3.63, 3.8) is 0 Å². The van der Waals surface area contributed by atoms with Crippen LogP contribution < -0.4 is 10.2 Å². The predicted molar refractivity (Wildman–Crippen MR) is 72.1 cm³/mol. The third-order valence-corrected chi connectivity index (χ3v) is 3.30. The number of nitro groups is 1. The zero-order chi connectivity index (χ0) is 14.7. The Morgan fingerprint density at radius 3 is 2.95 bits per heavy atom. The Labute approximate surface area is 115 Å². The molecule has 1 saturated heterocycles. The van der Waals surface area contributed by atoms with E-state index in [9.17, 15) is 19.3 Å². The highest BCUT2D eigenvalue weighted by Gasteiger charge is 2.26. The molecule has 1 aliphatic heterocycles. The second-order valence-corrected chi connectivity index (χ2v) is 4.88. The van der Waals surface area contributed by atoms with E-state index in [0.29, 0.717) is 13.1 Å². The molecule has 0 bridgehead atoms. The van der Waals surface area contributed by atoms with Gasteiger partial charge in [-0.2, -0.15) is 0 Å². The Hall–Kier alpha value is -2.18. The Morgan fingerprint density at radius 1 is 1.55 bits per heavy atom. The van der Waals surface area contributed by atoms with Crippen molar-refractivity contribution in [2.75, 3.05) is 18.0 Å². The maximum Gasteiger partial charge on any atom is 0.292 e. The maximum absolute atomic E-state index is 13.4. The zero-order valence-corrected chi connectivity index (χ0v) is 11.1. The van der Waals surface area contributed by atoms with Crippen LogP contribution in [-0.2, 0) is 4.79 Å². The molecule has 1 fully saturated rings. The van der Waals surface area contributed by atoms with E-state index in [0.717, 1.165) is 18.9 Å². The number of nitrogens with zero attached hydrogens (tertiary/aromatic N) is 2. The number of rotatable bonds is 3. The van der Waals surface area contributed by atoms with Gasteiger partial charge in [-0.1, -0.05) is 0 Å². The van der Waals surface area contributed by atoms with Crippen LogP contribution in [0.15, 0.2) is 18.2 Å². The third-order valence-electron chi connectivity index (χ3n) is 3.30. The lowest BCUT2D eigenvalue weighted by atomic mass is 10.0. The largest absolute Gasteiger partial charge is 0.364 e. The average Bonchev–Trinajstić information content (AvgIpc) is 2.37. The highest BCUT2D eigenvalue weighted by Crippen LogP contribution is 2.30. The normalized spacial score (nSPS) is 18.7. The first kappa shape index (κ1) is 14.2. The number of halogens is 1. The quantitative estimate of drug-likeness (QED) is 0.677. The molecule has 0 radical (unpaired) electrons. The van der Waals surface area contributed by atoms with Crippen LogP contribution in [0.5, 0.6) is 0 Å². The van der Waals surface area contributed by atoms with Crippen molar-refractivity contribution in [1.29, 1.82) is 0 Å². The molecule has 0 aromatic heterocycles. The molecule has 1 N–H and O–H groups in total. The van der Waals surface area contributed by atoms with Gasteiger partial charge in [-0.05, 0) is 18.9 Å². The fourth-order valence-electron chi connectivity index (χ4n) is 2.51. The van der Waals surface area contributed by atoms with Crippen LogP contribution in [-0.4, -0.2) is 30.0 Å². The molecule has 2 rings (SSSR count). The van der Waals surface area contributed by atoms with Crippen LogP contribution in [0.25, 0.3) is 0 Å². The highest BCUT2D eigenvalue weighted by atomic mass is 19.1. The van der Waals surface area contributed by atoms with Crippen molar-refractivity contribution in [2.45, 2.75) is 25.8 Å². The summed E-state index contributed by atoms with van der Waals surface area (Å²) in [5.41, 5.74) is 0.153. The van der Waals surface area contributed by atoms with Crippen LogP contribution in [0.3, 0.4) is 0 Å². The van der Waals surface area contributed by atoms with Gasteiger partial charge in [0.15, 0.2) is 0 Å². The van der Waals surface area contributed by atoms with Crippen molar-refractivity contribution in [1.82, 2.24) is 5.32 Å². The van der Waals surface area contributed by atoms with Gasteiger partial charge in [0, 0.05) is 38.2 Å². The van der Waals surface area contributed by atoms with Crippen LogP contribution in [0.4, 0.5) is 15.8 Å². The SMILES string of the molecule is CC(=O)NC1CCCN(c2cc(F)ccc2[N+](=O)[O-])C1. The summed E-state index contributed by atoms with van der Waals surface area (Å²) in [7, 11) is 0. The van der Waals surface area contributed by atoms with E-state index in [1.165, 1.54) is 19.1 Å². The first-order chi connectivity index (χ1) is 9.47. The van der Waals surface area contributed by atoms with E-state index in [4.69, 9.17) is 0 Å². The molecule has 1 amide bonds. The minimum absolute atomic E-state index is 0.0656. The van der Waals surface area contributed by atoms with E-state index >= 15 is 0 Å². The summed E-state index contributed by atoms with van der Waals surface area (Å²) in [6.07, 6.45) is 1.61. The first-order valence-electron chi connectivity index (χ1n) is 6.43. The van der Waals surface area contributed by atoms with Crippen LogP contribution in [0, 0.1) is 15.9 Å². The fraction of sp³-hybridized carbons (Fsp3) is 0.462. The van der Waals surface area contributed by atoms with Gasteiger partial charge in [-0.25, -0.2) is 4.39 Å². The van der Waals surface area contributed by atoms with Crippen molar-refractivity contribution in [3.8, 4) is 0 Å². The van der Waals surface area contributed by atoms with E-state index in [2.05, 4.69) is 5.32 Å². The maximum atomic E-state index is 13.4. The van der Waals surface area contributed by atoms with Gasteiger partial charge in [-0.15, -0.1) is 0 Å². The van der Waals surface area contributed by atoms with E-state index in [1.807, 2.05) is 0 Å². The molecule has 7 heteroatoms. The number of nitro benzene ring substituents is 1. The minimum atomic E-state index is -0.517. The standard InChI is InChI=1S/C13H16FN3O3/c1-9(18)15-11-3-2-6-16(8-11)13-7-10(14)4-5-12(13)17(19)20/h4-5,7,11H,2-3,6,8H2,1H3,(H,15,18). The van der Waals surface area contributed by atoms with Crippen molar-refractivity contribution in [2.24, 2.45) is 0 Å². The molecule has 0 saturated carbocycles. The van der Waals surface area contributed by atoms with Crippen molar-refractivity contribution < 1.29 is 14.1 Å². The van der Waals surface area contributed by atoms with Gasteiger partial charge in [0.2, 0.25) is 5.91 Å². The van der Waals surface area contributed by atoms with Gasteiger partial charge in [0.25, 0.3) is 5.69 Å². The second-order valence-electron chi connectivity index (χ2n) is 4.88. The summed E-state index contributed by atoms with van der Waals surface area (Å²) in [6.45, 7) is 2.49. The van der Waals surface area contributed by atoms with Gasteiger partial charge in [-0.3, -0.25) is 14.9 Å². The van der Waals surface area contributed by atoms with Gasteiger partial charge >= 0.3 is 0 Å². The lowest BCUT2D eigenvalue weighted by Crippen LogP contribution is -2.47. The molecule has 0 spiro atoms. The average molecular weight is 281 g/mol. The molecule has 1 heterocycles. The van der Waals surface area contributed by atoms with Crippen LogP contribution in [0.2, 0.25) is 0 Å². The number of carbonyl (C=O) groups excluding carboxylic acids is 1. The first-order valence-corrected chi connectivity index (χ1v) is 6.43. The lowest BCUT2D eigenvalue weighted by Gasteiger charge is -2.34. The number of benzene rings is 1. The molecule has 1 unspecified atom stereocenters. The summed E-state index contributed by atoms with van der Waals surface area (Å²) in [5, 5.41) is 13.8. The molecule has 20 heavy (non-hydrogen) atoms. The fourth-order valence-corrected chi connectivity index (χ4v) is 2.51. The van der Waals surface area contributed by atoms with E-state index < -0.39 is 10.7 Å². The Morgan fingerprint density at radius 2 is 2.30 bits per heavy atom. The molecule has 108 valence electrons. The minimum Gasteiger partial charge on any atom is -0.364 e. The summed E-state index contributed by atoms with van der Waals surface area (Å²) >= 11 is 0. The topological polar surface area (TPSA) is 75.5 Å². The van der Waals surface area contributed by atoms with Crippen molar-refractivity contribution in [3.05, 3.63) is 34.1 Å².